The molecule has 1 aromatic heterocycles. The molecule has 7 heteroatoms. The predicted molar refractivity (Wildman–Crippen MR) is 69.5 cm³/mol. The smallest absolute Gasteiger partial charge is 0.212 e. The van der Waals surface area contributed by atoms with Gasteiger partial charge < -0.3 is 5.32 Å². The zero-order valence-electron chi connectivity index (χ0n) is 10.5. The molecular weight excluding hydrogens is 252 g/mol. The van der Waals surface area contributed by atoms with Crippen LogP contribution >= 0.6 is 0 Å². The Balaban J connectivity index is 1.90. The number of sulfonamides is 1. The molecule has 1 unspecified atom stereocenters. The molecule has 6 nitrogen and oxygen atoms in total. The highest BCUT2D eigenvalue weighted by Gasteiger charge is 2.23. The molecule has 0 radical (unpaired) electrons. The van der Waals surface area contributed by atoms with Gasteiger partial charge in [0.25, 0.3) is 0 Å². The molecule has 2 heterocycles. The van der Waals surface area contributed by atoms with Crippen molar-refractivity contribution >= 4 is 10.0 Å². The Kier molecular flexibility index (Phi) is 4.36. The summed E-state index contributed by atoms with van der Waals surface area (Å²) < 4.78 is 26.8. The van der Waals surface area contributed by atoms with Crippen LogP contribution in [0.5, 0.6) is 0 Å². The number of nitrogens with one attached hydrogen (secondary N) is 3. The average molecular weight is 272 g/mol. The first-order valence-corrected chi connectivity index (χ1v) is 7.91. The fraction of sp³-hybridized carbons (Fsp3) is 0.727. The monoisotopic (exact) mass is 272 g/mol. The van der Waals surface area contributed by atoms with E-state index in [1.165, 1.54) is 0 Å². The molecule has 0 aliphatic carbocycles. The van der Waals surface area contributed by atoms with Crippen LogP contribution in [0.3, 0.4) is 0 Å². The number of aromatic nitrogens is 2. The Morgan fingerprint density at radius 3 is 2.83 bits per heavy atom. The molecule has 1 saturated heterocycles. The van der Waals surface area contributed by atoms with Crippen molar-refractivity contribution < 1.29 is 8.42 Å². The minimum absolute atomic E-state index is 0.219. The normalized spacial score (nSPS) is 19.8. The van der Waals surface area contributed by atoms with Gasteiger partial charge in [-0.2, -0.15) is 5.10 Å². The van der Waals surface area contributed by atoms with Crippen molar-refractivity contribution in [1.29, 1.82) is 0 Å². The highest BCUT2D eigenvalue weighted by Crippen LogP contribution is 2.16. The van der Waals surface area contributed by atoms with E-state index in [4.69, 9.17) is 0 Å². The average Bonchev–Trinajstić information content (AvgIpc) is 2.82. The Morgan fingerprint density at radius 2 is 2.22 bits per heavy atom. The van der Waals surface area contributed by atoms with Crippen LogP contribution in [0.25, 0.3) is 0 Å². The summed E-state index contributed by atoms with van der Waals surface area (Å²) in [4.78, 5) is 0. The van der Waals surface area contributed by atoms with E-state index in [0.717, 1.165) is 31.5 Å². The number of rotatable bonds is 5. The van der Waals surface area contributed by atoms with Crippen LogP contribution < -0.4 is 10.0 Å². The molecule has 0 bridgehead atoms. The number of nitrogens with zero attached hydrogens (tertiary/aromatic N) is 1. The van der Waals surface area contributed by atoms with Gasteiger partial charge in [-0.05, 0) is 38.8 Å². The quantitative estimate of drug-likeness (QED) is 0.723. The highest BCUT2D eigenvalue weighted by atomic mass is 32.2. The van der Waals surface area contributed by atoms with Crippen LogP contribution in [-0.2, 0) is 10.0 Å². The highest BCUT2D eigenvalue weighted by molar-refractivity contribution is 7.89. The number of piperidine rings is 1. The van der Waals surface area contributed by atoms with Crippen LogP contribution in [0, 0.1) is 5.92 Å². The van der Waals surface area contributed by atoms with E-state index in [1.54, 1.807) is 12.4 Å². The van der Waals surface area contributed by atoms with Gasteiger partial charge in [0.1, 0.15) is 0 Å². The minimum Gasteiger partial charge on any atom is -0.317 e. The SMILES string of the molecule is CC(NS(=O)(=O)CC1CCNCC1)c1cn[nH]c1. The van der Waals surface area contributed by atoms with E-state index in [-0.39, 0.29) is 17.7 Å². The summed E-state index contributed by atoms with van der Waals surface area (Å²) in [5, 5.41) is 9.74. The van der Waals surface area contributed by atoms with Gasteiger partial charge in [-0.25, -0.2) is 13.1 Å². The van der Waals surface area contributed by atoms with Crippen LogP contribution in [0.2, 0.25) is 0 Å². The van der Waals surface area contributed by atoms with Crippen molar-refractivity contribution in [2.75, 3.05) is 18.8 Å². The Morgan fingerprint density at radius 1 is 1.50 bits per heavy atom. The summed E-state index contributed by atoms with van der Waals surface area (Å²) in [5.74, 6) is 0.483. The largest absolute Gasteiger partial charge is 0.317 e. The van der Waals surface area contributed by atoms with Gasteiger partial charge in [-0.3, -0.25) is 5.10 Å². The van der Waals surface area contributed by atoms with Gasteiger partial charge in [0.2, 0.25) is 10.0 Å². The van der Waals surface area contributed by atoms with Crippen molar-refractivity contribution in [3.05, 3.63) is 18.0 Å². The first-order chi connectivity index (χ1) is 8.57. The Hall–Kier alpha value is -0.920. The maximum atomic E-state index is 12.0. The first-order valence-electron chi connectivity index (χ1n) is 6.26. The lowest BCUT2D eigenvalue weighted by Gasteiger charge is -2.23. The van der Waals surface area contributed by atoms with Gasteiger partial charge in [-0.1, -0.05) is 0 Å². The number of hydrogen-bond acceptors (Lipinski definition) is 4. The second-order valence-electron chi connectivity index (χ2n) is 4.85. The molecule has 1 fully saturated rings. The third-order valence-electron chi connectivity index (χ3n) is 3.29. The molecule has 3 N–H and O–H groups in total. The standard InChI is InChI=1S/C11H20N4O2S/c1-9(11-6-13-14-7-11)15-18(16,17)8-10-2-4-12-5-3-10/h6-7,9-10,12,15H,2-5,8H2,1H3,(H,13,14). The number of hydrogen-bond donors (Lipinski definition) is 3. The van der Waals surface area contributed by atoms with Crippen molar-refractivity contribution in [3.8, 4) is 0 Å². The zero-order chi connectivity index (χ0) is 13.0. The van der Waals surface area contributed by atoms with Crippen molar-refractivity contribution in [3.63, 3.8) is 0 Å². The first kappa shape index (κ1) is 13.5. The molecule has 0 spiro atoms. The summed E-state index contributed by atoms with van der Waals surface area (Å²) in [6.45, 7) is 3.65. The van der Waals surface area contributed by atoms with Gasteiger partial charge in [0.05, 0.1) is 11.9 Å². The summed E-state index contributed by atoms with van der Waals surface area (Å²) in [6, 6.07) is -0.240. The van der Waals surface area contributed by atoms with Crippen LogP contribution in [0.4, 0.5) is 0 Å². The lowest BCUT2D eigenvalue weighted by Crippen LogP contribution is -2.36. The Labute approximate surface area is 108 Å². The van der Waals surface area contributed by atoms with Crippen LogP contribution in [-0.4, -0.2) is 37.5 Å². The molecule has 2 rings (SSSR count). The third-order valence-corrected chi connectivity index (χ3v) is 4.91. The van der Waals surface area contributed by atoms with Gasteiger partial charge in [0.15, 0.2) is 0 Å². The molecule has 0 aromatic carbocycles. The minimum atomic E-state index is -3.23. The van der Waals surface area contributed by atoms with E-state index in [0.29, 0.717) is 0 Å². The number of aromatic amines is 1. The van der Waals surface area contributed by atoms with E-state index in [1.807, 2.05) is 6.92 Å². The fourth-order valence-electron chi connectivity index (χ4n) is 2.24. The van der Waals surface area contributed by atoms with Gasteiger partial charge in [-0.15, -0.1) is 0 Å². The molecule has 1 aliphatic heterocycles. The molecular formula is C11H20N4O2S. The maximum absolute atomic E-state index is 12.0. The molecule has 18 heavy (non-hydrogen) atoms. The van der Waals surface area contributed by atoms with E-state index in [9.17, 15) is 8.42 Å². The lowest BCUT2D eigenvalue weighted by atomic mass is 10.0. The van der Waals surface area contributed by atoms with Gasteiger partial charge >= 0.3 is 0 Å². The summed E-state index contributed by atoms with van der Waals surface area (Å²) in [6.07, 6.45) is 5.21. The lowest BCUT2D eigenvalue weighted by molar-refractivity contribution is 0.399. The number of H-pyrrole nitrogens is 1. The zero-order valence-corrected chi connectivity index (χ0v) is 11.3. The van der Waals surface area contributed by atoms with Crippen molar-refractivity contribution in [1.82, 2.24) is 20.2 Å². The molecule has 0 saturated carbocycles. The summed E-state index contributed by atoms with van der Waals surface area (Å²) >= 11 is 0. The van der Waals surface area contributed by atoms with Gasteiger partial charge in [0, 0.05) is 17.8 Å². The third kappa shape index (κ3) is 3.79. The maximum Gasteiger partial charge on any atom is 0.212 e. The van der Waals surface area contributed by atoms with Crippen LogP contribution in [0.15, 0.2) is 12.4 Å². The van der Waals surface area contributed by atoms with E-state index >= 15 is 0 Å². The fourth-order valence-corrected chi connectivity index (χ4v) is 3.97. The molecule has 1 aromatic rings. The second-order valence-corrected chi connectivity index (χ2v) is 6.64. The molecule has 1 aliphatic rings. The van der Waals surface area contributed by atoms with Crippen molar-refractivity contribution in [2.45, 2.75) is 25.8 Å². The summed E-state index contributed by atoms with van der Waals surface area (Å²) in [5.41, 5.74) is 0.851. The Bertz CT molecular complexity index is 451. The summed E-state index contributed by atoms with van der Waals surface area (Å²) in [7, 11) is -3.23. The molecule has 1 atom stereocenters. The van der Waals surface area contributed by atoms with E-state index in [2.05, 4.69) is 20.2 Å². The molecule has 0 amide bonds. The predicted octanol–water partition coefficient (Wildman–Crippen LogP) is 0.390. The molecule has 102 valence electrons. The second kappa shape index (κ2) is 5.81. The van der Waals surface area contributed by atoms with Crippen molar-refractivity contribution in [2.24, 2.45) is 5.92 Å². The van der Waals surface area contributed by atoms with E-state index < -0.39 is 10.0 Å². The topological polar surface area (TPSA) is 86.9 Å². The van der Waals surface area contributed by atoms with Crippen LogP contribution in [0.1, 0.15) is 31.4 Å².